The van der Waals surface area contributed by atoms with Gasteiger partial charge in [-0.3, -0.25) is 4.79 Å². The largest absolute Gasteiger partial charge is 0.364 e. The minimum Gasteiger partial charge on any atom is -0.364 e. The van der Waals surface area contributed by atoms with Crippen molar-refractivity contribution >= 4 is 5.91 Å². The number of carbonyl (C=O) groups is 1. The van der Waals surface area contributed by atoms with Crippen molar-refractivity contribution in [3.8, 4) is 0 Å². The smallest absolute Gasteiger partial charge is 0.274 e. The molecule has 1 N–H and O–H groups in total. The van der Waals surface area contributed by atoms with Crippen LogP contribution in [-0.4, -0.2) is 20.6 Å². The van der Waals surface area contributed by atoms with E-state index in [0.717, 1.165) is 5.82 Å². The van der Waals surface area contributed by atoms with E-state index in [4.69, 9.17) is 0 Å². The second-order valence-corrected chi connectivity index (χ2v) is 4.48. The maximum absolute atomic E-state index is 12.0. The molecule has 2 heterocycles. The Bertz CT molecular complexity index is 516. The number of carbonyl (C=O) groups excluding carboxylic acids is 1. The van der Waals surface area contributed by atoms with Gasteiger partial charge in [0.25, 0.3) is 5.91 Å². The van der Waals surface area contributed by atoms with Gasteiger partial charge in [0.05, 0.1) is 6.04 Å². The Morgan fingerprint density at radius 2 is 2.28 bits per heavy atom. The Morgan fingerprint density at radius 1 is 1.50 bits per heavy atom. The third-order valence-corrected chi connectivity index (χ3v) is 2.76. The molecule has 0 saturated carbocycles. The van der Waals surface area contributed by atoms with E-state index in [0.29, 0.717) is 0 Å². The van der Waals surface area contributed by atoms with Gasteiger partial charge in [0.1, 0.15) is 12.1 Å². The molecule has 0 unspecified atom stereocenters. The first-order valence-corrected chi connectivity index (χ1v) is 5.78. The molecular formula is C12H16N4O2. The molecule has 0 aliphatic heterocycles. The lowest BCUT2D eigenvalue weighted by Gasteiger charge is -2.21. The van der Waals surface area contributed by atoms with Crippen molar-refractivity contribution in [2.24, 2.45) is 13.0 Å². The SMILES string of the molecule is CC(C)[C@@H](NC(=O)c1ccon1)c1nccn1C. The number of aryl methyl sites for hydroxylation is 1. The van der Waals surface area contributed by atoms with E-state index in [1.54, 1.807) is 6.20 Å². The summed E-state index contributed by atoms with van der Waals surface area (Å²) in [7, 11) is 1.90. The molecule has 96 valence electrons. The van der Waals surface area contributed by atoms with E-state index in [2.05, 4.69) is 20.0 Å². The summed E-state index contributed by atoms with van der Waals surface area (Å²) in [5, 5.41) is 6.54. The average Bonchev–Trinajstić information content (AvgIpc) is 2.96. The molecular weight excluding hydrogens is 232 g/mol. The molecule has 0 saturated heterocycles. The van der Waals surface area contributed by atoms with Crippen LogP contribution in [0.3, 0.4) is 0 Å². The normalized spacial score (nSPS) is 12.7. The van der Waals surface area contributed by atoms with E-state index in [9.17, 15) is 4.79 Å². The highest BCUT2D eigenvalue weighted by atomic mass is 16.5. The van der Waals surface area contributed by atoms with E-state index >= 15 is 0 Å². The zero-order chi connectivity index (χ0) is 13.1. The number of amides is 1. The van der Waals surface area contributed by atoms with E-state index in [-0.39, 0.29) is 23.6 Å². The summed E-state index contributed by atoms with van der Waals surface area (Å²) in [4.78, 5) is 16.2. The number of aromatic nitrogens is 3. The van der Waals surface area contributed by atoms with E-state index in [1.807, 2.05) is 31.7 Å². The average molecular weight is 248 g/mol. The third-order valence-electron chi connectivity index (χ3n) is 2.76. The molecule has 2 aromatic heterocycles. The molecule has 2 rings (SSSR count). The molecule has 6 nitrogen and oxygen atoms in total. The van der Waals surface area contributed by atoms with Crippen LogP contribution in [0.2, 0.25) is 0 Å². The van der Waals surface area contributed by atoms with Crippen molar-refractivity contribution in [1.29, 1.82) is 0 Å². The van der Waals surface area contributed by atoms with Gasteiger partial charge in [-0.15, -0.1) is 0 Å². The first-order chi connectivity index (χ1) is 8.59. The Labute approximate surface area is 105 Å². The Kier molecular flexibility index (Phi) is 3.45. The molecule has 0 aromatic carbocycles. The van der Waals surface area contributed by atoms with Crippen LogP contribution in [0.4, 0.5) is 0 Å². The van der Waals surface area contributed by atoms with Crippen LogP contribution in [0, 0.1) is 5.92 Å². The fraction of sp³-hybridized carbons (Fsp3) is 0.417. The van der Waals surface area contributed by atoms with Crippen molar-refractivity contribution in [2.75, 3.05) is 0 Å². The maximum Gasteiger partial charge on any atom is 0.274 e. The molecule has 1 atom stereocenters. The number of imidazole rings is 1. The number of rotatable bonds is 4. The molecule has 2 aromatic rings. The van der Waals surface area contributed by atoms with Gasteiger partial charge in [0.15, 0.2) is 5.69 Å². The van der Waals surface area contributed by atoms with Crippen molar-refractivity contribution in [3.63, 3.8) is 0 Å². The predicted octanol–water partition coefficient (Wildman–Crippen LogP) is 1.54. The van der Waals surface area contributed by atoms with Crippen molar-refractivity contribution in [2.45, 2.75) is 19.9 Å². The quantitative estimate of drug-likeness (QED) is 0.890. The summed E-state index contributed by atoms with van der Waals surface area (Å²) in [6.45, 7) is 4.06. The number of hydrogen-bond acceptors (Lipinski definition) is 4. The van der Waals surface area contributed by atoms with Crippen LogP contribution in [0.25, 0.3) is 0 Å². The van der Waals surface area contributed by atoms with Crippen LogP contribution in [0.15, 0.2) is 29.2 Å². The summed E-state index contributed by atoms with van der Waals surface area (Å²) in [6.07, 6.45) is 4.94. The van der Waals surface area contributed by atoms with Crippen molar-refractivity contribution in [3.05, 3.63) is 36.2 Å². The van der Waals surface area contributed by atoms with Crippen molar-refractivity contribution < 1.29 is 9.32 Å². The van der Waals surface area contributed by atoms with Gasteiger partial charge >= 0.3 is 0 Å². The van der Waals surface area contributed by atoms with Gasteiger partial charge in [-0.05, 0) is 5.92 Å². The van der Waals surface area contributed by atoms with Gasteiger partial charge in [0.2, 0.25) is 0 Å². The van der Waals surface area contributed by atoms with Crippen LogP contribution < -0.4 is 5.32 Å². The molecule has 6 heteroatoms. The molecule has 1 amide bonds. The highest BCUT2D eigenvalue weighted by Crippen LogP contribution is 2.19. The molecule has 0 fully saturated rings. The Hall–Kier alpha value is -2.11. The van der Waals surface area contributed by atoms with Gasteiger partial charge < -0.3 is 14.4 Å². The summed E-state index contributed by atoms with van der Waals surface area (Å²) >= 11 is 0. The van der Waals surface area contributed by atoms with E-state index < -0.39 is 0 Å². The first kappa shape index (κ1) is 12.3. The fourth-order valence-corrected chi connectivity index (χ4v) is 1.75. The first-order valence-electron chi connectivity index (χ1n) is 5.78. The lowest BCUT2D eigenvalue weighted by molar-refractivity contribution is 0.0913. The third kappa shape index (κ3) is 2.42. The van der Waals surface area contributed by atoms with Crippen LogP contribution in [0.5, 0.6) is 0 Å². The molecule has 0 aliphatic rings. The Balaban J connectivity index is 2.18. The van der Waals surface area contributed by atoms with Gasteiger partial charge in [-0.25, -0.2) is 4.98 Å². The van der Waals surface area contributed by atoms with Crippen LogP contribution in [0.1, 0.15) is 36.2 Å². The second kappa shape index (κ2) is 5.03. The number of hydrogen-bond donors (Lipinski definition) is 1. The van der Waals surface area contributed by atoms with Crippen LogP contribution >= 0.6 is 0 Å². The minimum absolute atomic E-state index is 0.158. The summed E-state index contributed by atoms with van der Waals surface area (Å²) in [5.74, 6) is 0.786. The van der Waals surface area contributed by atoms with Gasteiger partial charge in [-0.1, -0.05) is 19.0 Å². The summed E-state index contributed by atoms with van der Waals surface area (Å²) < 4.78 is 6.56. The molecule has 0 radical (unpaired) electrons. The predicted molar refractivity (Wildman–Crippen MR) is 64.8 cm³/mol. The summed E-state index contributed by atoms with van der Waals surface area (Å²) in [6, 6.07) is 1.37. The van der Waals surface area contributed by atoms with E-state index in [1.165, 1.54) is 12.3 Å². The molecule has 0 aliphatic carbocycles. The van der Waals surface area contributed by atoms with Gasteiger partial charge in [0, 0.05) is 25.5 Å². The Morgan fingerprint density at radius 3 is 2.78 bits per heavy atom. The van der Waals surface area contributed by atoms with Crippen molar-refractivity contribution in [1.82, 2.24) is 20.0 Å². The van der Waals surface area contributed by atoms with Crippen LogP contribution in [-0.2, 0) is 7.05 Å². The lowest BCUT2D eigenvalue weighted by atomic mass is 10.0. The monoisotopic (exact) mass is 248 g/mol. The standard InChI is InChI=1S/C12H16N4O2/c1-8(2)10(11-13-5-6-16(11)3)14-12(17)9-4-7-18-15-9/h4-8,10H,1-3H3,(H,14,17)/t10-/m1/s1. The zero-order valence-corrected chi connectivity index (χ0v) is 10.6. The zero-order valence-electron chi connectivity index (χ0n) is 10.6. The molecule has 0 bridgehead atoms. The molecule has 0 spiro atoms. The number of nitrogens with one attached hydrogen (secondary N) is 1. The maximum atomic E-state index is 12.0. The second-order valence-electron chi connectivity index (χ2n) is 4.48. The lowest BCUT2D eigenvalue weighted by Crippen LogP contribution is -2.33. The fourth-order valence-electron chi connectivity index (χ4n) is 1.75. The highest BCUT2D eigenvalue weighted by molar-refractivity contribution is 5.92. The minimum atomic E-state index is -0.259. The van der Waals surface area contributed by atoms with Gasteiger partial charge in [-0.2, -0.15) is 0 Å². The highest BCUT2D eigenvalue weighted by Gasteiger charge is 2.23. The number of nitrogens with zero attached hydrogens (tertiary/aromatic N) is 3. The summed E-state index contributed by atoms with van der Waals surface area (Å²) in [5.41, 5.74) is 0.273. The topological polar surface area (TPSA) is 73.0 Å². The molecule has 18 heavy (non-hydrogen) atoms.